The third kappa shape index (κ3) is 5.57. The lowest BCUT2D eigenvalue weighted by atomic mass is 9.83. The lowest BCUT2D eigenvalue weighted by molar-refractivity contribution is 0.0734. The molecule has 0 aliphatic carbocycles. The molecule has 8 heteroatoms. The van der Waals surface area contributed by atoms with Gasteiger partial charge in [-0.15, -0.1) is 0 Å². The molecule has 1 aliphatic rings. The predicted octanol–water partition coefficient (Wildman–Crippen LogP) is 5.49. The number of fused-ring (bicyclic) bond motifs is 1. The van der Waals surface area contributed by atoms with Gasteiger partial charge >= 0.3 is 5.97 Å². The fourth-order valence-corrected chi connectivity index (χ4v) is 4.10. The largest absolute Gasteiger partial charge is 0.490 e. The maximum absolute atomic E-state index is 12.7. The van der Waals surface area contributed by atoms with Gasteiger partial charge in [0.15, 0.2) is 11.5 Å². The van der Waals surface area contributed by atoms with Crippen LogP contribution >= 0.6 is 0 Å². The molecule has 3 aromatic rings. The first-order chi connectivity index (χ1) is 18.5. The topological polar surface area (TPSA) is 113 Å². The molecule has 2 N–H and O–H groups in total. The van der Waals surface area contributed by atoms with E-state index in [0.717, 1.165) is 5.56 Å². The number of nitrogens with zero attached hydrogens (tertiary/aromatic N) is 1. The van der Waals surface area contributed by atoms with Gasteiger partial charge in [0.25, 0.3) is 0 Å². The van der Waals surface area contributed by atoms with Crippen molar-refractivity contribution in [3.05, 3.63) is 101 Å². The van der Waals surface area contributed by atoms with Crippen LogP contribution in [0.15, 0.2) is 84.8 Å². The Kier molecular flexibility index (Phi) is 8.19. The van der Waals surface area contributed by atoms with Crippen molar-refractivity contribution >= 4 is 5.97 Å². The zero-order chi connectivity index (χ0) is 27.1. The van der Waals surface area contributed by atoms with Crippen LogP contribution in [0.1, 0.15) is 41.3 Å². The summed E-state index contributed by atoms with van der Waals surface area (Å²) in [5.74, 6) is 1.40. The van der Waals surface area contributed by atoms with E-state index in [1.807, 2.05) is 32.0 Å². The van der Waals surface area contributed by atoms with Crippen molar-refractivity contribution < 1.29 is 28.5 Å². The minimum atomic E-state index is -0.540. The number of esters is 1. The number of hydrogen-bond donors (Lipinski definition) is 1. The van der Waals surface area contributed by atoms with Crippen molar-refractivity contribution in [1.29, 1.82) is 5.26 Å². The number of carbonyl (C=O) groups is 1. The highest BCUT2D eigenvalue weighted by Crippen LogP contribution is 2.45. The average Bonchev–Trinajstić information content (AvgIpc) is 2.92. The summed E-state index contributed by atoms with van der Waals surface area (Å²) in [5, 5.41) is 9.89. The highest BCUT2D eigenvalue weighted by Gasteiger charge is 2.32. The summed E-state index contributed by atoms with van der Waals surface area (Å²) in [7, 11) is 0. The summed E-state index contributed by atoms with van der Waals surface area (Å²) in [6.07, 6.45) is 1.64. The fraction of sp³-hybridized carbons (Fsp3) is 0.200. The van der Waals surface area contributed by atoms with Crippen molar-refractivity contribution in [2.75, 3.05) is 19.8 Å². The first-order valence-corrected chi connectivity index (χ1v) is 12.2. The summed E-state index contributed by atoms with van der Waals surface area (Å²) in [6, 6.07) is 19.3. The van der Waals surface area contributed by atoms with E-state index in [-0.39, 0.29) is 17.2 Å². The minimum Gasteiger partial charge on any atom is -0.490 e. The molecule has 1 atom stereocenters. The van der Waals surface area contributed by atoms with Crippen molar-refractivity contribution in [3.8, 4) is 34.8 Å². The maximum Gasteiger partial charge on any atom is 0.343 e. The van der Waals surface area contributed by atoms with Gasteiger partial charge in [-0.2, -0.15) is 5.26 Å². The number of rotatable bonds is 10. The van der Waals surface area contributed by atoms with E-state index in [0.29, 0.717) is 53.9 Å². The molecule has 3 aromatic carbocycles. The molecule has 0 aromatic heterocycles. The van der Waals surface area contributed by atoms with Gasteiger partial charge < -0.3 is 29.4 Å². The van der Waals surface area contributed by atoms with Gasteiger partial charge in [-0.3, -0.25) is 0 Å². The smallest absolute Gasteiger partial charge is 0.343 e. The number of nitriles is 1. The Labute approximate surface area is 221 Å². The van der Waals surface area contributed by atoms with E-state index in [9.17, 15) is 10.1 Å². The van der Waals surface area contributed by atoms with Gasteiger partial charge in [0.1, 0.15) is 35.5 Å². The van der Waals surface area contributed by atoms with Crippen molar-refractivity contribution in [2.45, 2.75) is 19.8 Å². The van der Waals surface area contributed by atoms with E-state index in [1.54, 1.807) is 48.5 Å². The van der Waals surface area contributed by atoms with Crippen molar-refractivity contribution in [2.24, 2.45) is 5.73 Å². The molecule has 0 saturated heterocycles. The molecule has 0 spiro atoms. The summed E-state index contributed by atoms with van der Waals surface area (Å²) in [6.45, 7) is 8.71. The van der Waals surface area contributed by atoms with E-state index in [1.165, 1.54) is 0 Å². The lowest BCUT2D eigenvalue weighted by Crippen LogP contribution is -2.21. The van der Waals surface area contributed by atoms with Crippen LogP contribution in [0.5, 0.6) is 28.7 Å². The monoisotopic (exact) mass is 512 g/mol. The Morgan fingerprint density at radius 1 is 1.00 bits per heavy atom. The molecule has 0 radical (unpaired) electrons. The highest BCUT2D eigenvalue weighted by atomic mass is 16.5. The van der Waals surface area contributed by atoms with Gasteiger partial charge in [-0.05, 0) is 61.9 Å². The quantitative estimate of drug-likeness (QED) is 0.216. The first-order valence-electron chi connectivity index (χ1n) is 12.2. The third-order valence-corrected chi connectivity index (χ3v) is 5.76. The van der Waals surface area contributed by atoms with Gasteiger partial charge in [0.2, 0.25) is 5.88 Å². The Bertz CT molecular complexity index is 1410. The number of carbonyl (C=O) groups excluding carboxylic acids is 1. The molecule has 0 fully saturated rings. The lowest BCUT2D eigenvalue weighted by Gasteiger charge is -2.27. The summed E-state index contributed by atoms with van der Waals surface area (Å²) >= 11 is 0. The SMILES string of the molecule is C=CCOc1ccc(C(=O)Oc2ccc3c(c2)OC(N)=C(C#N)C3c2ccc(OCC)c(OCC)c2)cc1. The fourth-order valence-electron chi connectivity index (χ4n) is 4.10. The molecular weight excluding hydrogens is 484 g/mol. The minimum absolute atomic E-state index is 0.0181. The number of ether oxygens (including phenoxy) is 5. The second kappa shape index (κ2) is 11.9. The molecule has 8 nitrogen and oxygen atoms in total. The Morgan fingerprint density at radius 2 is 1.71 bits per heavy atom. The molecule has 0 amide bonds. The van der Waals surface area contributed by atoms with E-state index in [4.69, 9.17) is 29.4 Å². The maximum atomic E-state index is 12.7. The van der Waals surface area contributed by atoms with Crippen molar-refractivity contribution in [3.63, 3.8) is 0 Å². The number of benzene rings is 3. The number of nitrogens with two attached hydrogens (primary N) is 1. The molecule has 0 bridgehead atoms. The second-order valence-electron chi connectivity index (χ2n) is 8.21. The van der Waals surface area contributed by atoms with E-state index >= 15 is 0 Å². The summed E-state index contributed by atoms with van der Waals surface area (Å²) < 4.78 is 28.2. The van der Waals surface area contributed by atoms with Crippen LogP contribution in [0, 0.1) is 11.3 Å². The van der Waals surface area contributed by atoms with Crippen LogP contribution in [-0.4, -0.2) is 25.8 Å². The van der Waals surface area contributed by atoms with Crippen molar-refractivity contribution in [1.82, 2.24) is 0 Å². The van der Waals surface area contributed by atoms with Gasteiger partial charge in [-0.25, -0.2) is 4.79 Å². The standard InChI is InChI=1S/C30H28N2O6/c1-4-15-36-21-10-7-19(8-11-21)30(33)37-22-12-13-23-26(17-22)38-29(32)24(18-31)28(23)20-9-14-25(34-5-2)27(16-20)35-6-3/h4,7-14,16-17,28H,1,5-6,15,32H2,2-3H3. The molecule has 38 heavy (non-hydrogen) atoms. The average molecular weight is 513 g/mol. The van der Waals surface area contributed by atoms with Crippen LogP contribution < -0.4 is 29.4 Å². The molecule has 1 heterocycles. The highest BCUT2D eigenvalue weighted by molar-refractivity contribution is 5.91. The third-order valence-electron chi connectivity index (χ3n) is 5.76. The van der Waals surface area contributed by atoms with Crippen LogP contribution in [-0.2, 0) is 0 Å². The molecule has 1 unspecified atom stereocenters. The van der Waals surface area contributed by atoms with E-state index < -0.39 is 11.9 Å². The normalized spacial score (nSPS) is 14.0. The Hall–Kier alpha value is -4.90. The zero-order valence-electron chi connectivity index (χ0n) is 21.2. The molecule has 1 aliphatic heterocycles. The molecular formula is C30H28N2O6. The zero-order valence-corrected chi connectivity index (χ0v) is 21.2. The van der Waals surface area contributed by atoms with Crippen LogP contribution in [0.3, 0.4) is 0 Å². The van der Waals surface area contributed by atoms with Gasteiger partial charge in [0, 0.05) is 11.6 Å². The number of hydrogen-bond acceptors (Lipinski definition) is 8. The predicted molar refractivity (Wildman–Crippen MR) is 142 cm³/mol. The van der Waals surface area contributed by atoms with Crippen LogP contribution in [0.2, 0.25) is 0 Å². The van der Waals surface area contributed by atoms with Crippen LogP contribution in [0.4, 0.5) is 0 Å². The van der Waals surface area contributed by atoms with Crippen LogP contribution in [0.25, 0.3) is 0 Å². The number of allylic oxidation sites excluding steroid dienone is 1. The van der Waals surface area contributed by atoms with Gasteiger partial charge in [-0.1, -0.05) is 24.8 Å². The first kappa shape index (κ1) is 26.2. The molecule has 4 rings (SSSR count). The molecule has 194 valence electrons. The molecule has 0 saturated carbocycles. The van der Waals surface area contributed by atoms with Gasteiger partial charge in [0.05, 0.1) is 24.7 Å². The second-order valence-corrected chi connectivity index (χ2v) is 8.21. The Morgan fingerprint density at radius 3 is 2.39 bits per heavy atom. The summed E-state index contributed by atoms with van der Waals surface area (Å²) in [5.41, 5.74) is 8.26. The Balaban J connectivity index is 1.63. The summed E-state index contributed by atoms with van der Waals surface area (Å²) in [4.78, 5) is 12.7. The van der Waals surface area contributed by atoms with E-state index in [2.05, 4.69) is 12.6 Å².